The molecule has 1 aromatic rings. The lowest BCUT2D eigenvalue weighted by molar-refractivity contribution is 0.259. The molecule has 0 saturated heterocycles. The summed E-state index contributed by atoms with van der Waals surface area (Å²) in [7, 11) is -1.96. The van der Waals surface area contributed by atoms with E-state index in [4.69, 9.17) is 4.43 Å². The molecule has 0 bridgehead atoms. The van der Waals surface area contributed by atoms with Gasteiger partial charge in [-0.3, -0.25) is 0 Å². The van der Waals surface area contributed by atoms with Crippen molar-refractivity contribution in [1.82, 2.24) is 0 Å². The maximum Gasteiger partial charge on any atom is 0.229 e. The van der Waals surface area contributed by atoms with Crippen LogP contribution in [0.15, 0.2) is 30.3 Å². The van der Waals surface area contributed by atoms with Crippen molar-refractivity contribution in [3.8, 4) is 0 Å². The second-order valence-electron chi connectivity index (χ2n) is 6.93. The van der Waals surface area contributed by atoms with Crippen LogP contribution in [-0.2, 0) is 4.43 Å². The van der Waals surface area contributed by atoms with Crippen LogP contribution in [0.4, 0.5) is 0 Å². The van der Waals surface area contributed by atoms with Gasteiger partial charge in [0.05, 0.1) is 0 Å². The van der Waals surface area contributed by atoms with Gasteiger partial charge in [-0.25, -0.2) is 0 Å². The second kappa shape index (κ2) is 9.52. The molecule has 3 atom stereocenters. The van der Waals surface area contributed by atoms with Gasteiger partial charge >= 0.3 is 0 Å². The molecule has 3 unspecified atom stereocenters. The van der Waals surface area contributed by atoms with E-state index >= 15 is 0 Å². The summed E-state index contributed by atoms with van der Waals surface area (Å²) in [6.45, 7) is 15.0. The van der Waals surface area contributed by atoms with Crippen LogP contribution < -0.4 is 5.19 Å². The van der Waals surface area contributed by atoms with Crippen molar-refractivity contribution in [1.29, 1.82) is 0 Å². The van der Waals surface area contributed by atoms with Crippen molar-refractivity contribution in [2.75, 3.05) is 6.61 Å². The third-order valence-electron chi connectivity index (χ3n) is 5.56. The van der Waals surface area contributed by atoms with E-state index in [1.807, 2.05) is 0 Å². The van der Waals surface area contributed by atoms with E-state index < -0.39 is 8.32 Å². The lowest BCUT2D eigenvalue weighted by atomic mass is 10.1. The van der Waals surface area contributed by atoms with Crippen LogP contribution in [0, 0.1) is 5.92 Å². The Hall–Kier alpha value is -0.603. The first kappa shape index (κ1) is 19.4. The van der Waals surface area contributed by atoms with Gasteiger partial charge < -0.3 is 4.43 Å². The fourth-order valence-electron chi connectivity index (χ4n) is 3.36. The van der Waals surface area contributed by atoms with Gasteiger partial charge in [0.25, 0.3) is 0 Å². The summed E-state index contributed by atoms with van der Waals surface area (Å²) in [5.41, 5.74) is 1.31. The average molecular weight is 321 g/mol. The van der Waals surface area contributed by atoms with E-state index in [2.05, 4.69) is 71.9 Å². The van der Waals surface area contributed by atoms with Crippen LogP contribution in [-0.4, -0.2) is 14.9 Å². The van der Waals surface area contributed by atoms with Crippen molar-refractivity contribution in [2.24, 2.45) is 5.92 Å². The summed E-state index contributed by atoms with van der Waals surface area (Å²) in [6.07, 6.45) is 4.84. The molecule has 126 valence electrons. The van der Waals surface area contributed by atoms with Crippen LogP contribution in [0.5, 0.6) is 0 Å². The Bertz CT molecular complexity index is 393. The molecule has 2 heteroatoms. The van der Waals surface area contributed by atoms with E-state index in [0.717, 1.165) is 12.5 Å². The van der Waals surface area contributed by atoms with E-state index in [0.29, 0.717) is 11.1 Å². The highest BCUT2D eigenvalue weighted by molar-refractivity contribution is 6.88. The topological polar surface area (TPSA) is 9.23 Å². The molecule has 1 rings (SSSR count). The smallest absolute Gasteiger partial charge is 0.229 e. The van der Waals surface area contributed by atoms with Crippen LogP contribution in [0.2, 0.25) is 11.1 Å². The van der Waals surface area contributed by atoms with Gasteiger partial charge in [-0.05, 0) is 28.6 Å². The minimum Gasteiger partial charge on any atom is -0.412 e. The fourth-order valence-corrected chi connectivity index (χ4v) is 8.59. The highest BCUT2D eigenvalue weighted by Crippen LogP contribution is 2.38. The molecule has 0 aromatic heterocycles. The second-order valence-corrected chi connectivity index (χ2v) is 11.4. The van der Waals surface area contributed by atoms with E-state index in [1.165, 1.54) is 30.9 Å². The Labute approximate surface area is 139 Å². The molecule has 0 amide bonds. The average Bonchev–Trinajstić information content (AvgIpc) is 2.58. The molecule has 1 aromatic carbocycles. The predicted octanol–water partition coefficient (Wildman–Crippen LogP) is 5.89. The third-order valence-corrected chi connectivity index (χ3v) is 11.2. The van der Waals surface area contributed by atoms with Gasteiger partial charge in [-0.15, -0.1) is 0 Å². The van der Waals surface area contributed by atoms with Crippen molar-refractivity contribution in [2.45, 2.75) is 78.3 Å². The largest absolute Gasteiger partial charge is 0.412 e. The zero-order chi connectivity index (χ0) is 16.6. The fraction of sp³-hybridized carbons (Fsp3) is 0.700. The monoisotopic (exact) mass is 320 g/mol. The van der Waals surface area contributed by atoms with E-state index in [-0.39, 0.29) is 0 Å². The normalized spacial score (nSPS) is 18.5. The Morgan fingerprint density at radius 2 is 1.41 bits per heavy atom. The molecule has 0 heterocycles. The molecule has 0 radical (unpaired) electrons. The van der Waals surface area contributed by atoms with Crippen LogP contribution in [0.25, 0.3) is 0 Å². The molecule has 1 nitrogen and oxygen atoms in total. The van der Waals surface area contributed by atoms with Crippen LogP contribution >= 0.6 is 0 Å². The van der Waals surface area contributed by atoms with Gasteiger partial charge in [-0.1, -0.05) is 91.1 Å². The lowest BCUT2D eigenvalue weighted by Crippen LogP contribution is -2.57. The standard InChI is InChI=1S/C20H36OSi/c1-7-17(4)15-16-21-22(18(5)8-2,19(6)9-3)20-13-11-10-12-14-20/h10-14,17-19H,7-9,15-16H2,1-6H3. The number of hydrogen-bond donors (Lipinski definition) is 0. The van der Waals surface area contributed by atoms with Crippen LogP contribution in [0.3, 0.4) is 0 Å². The van der Waals surface area contributed by atoms with Crippen LogP contribution in [0.1, 0.15) is 67.2 Å². The molecule has 0 saturated carbocycles. The first-order chi connectivity index (χ1) is 10.5. The summed E-state index contributed by atoms with van der Waals surface area (Å²) in [6, 6.07) is 11.1. The van der Waals surface area contributed by atoms with Gasteiger partial charge in [0, 0.05) is 6.61 Å². The molecule has 22 heavy (non-hydrogen) atoms. The first-order valence-corrected chi connectivity index (χ1v) is 11.3. The Morgan fingerprint density at radius 1 is 0.864 bits per heavy atom. The molecule has 0 N–H and O–H groups in total. The van der Waals surface area contributed by atoms with Gasteiger partial charge in [0.1, 0.15) is 0 Å². The third kappa shape index (κ3) is 4.45. The lowest BCUT2D eigenvalue weighted by Gasteiger charge is -2.41. The molecular weight excluding hydrogens is 284 g/mol. The predicted molar refractivity (Wildman–Crippen MR) is 101 cm³/mol. The van der Waals surface area contributed by atoms with E-state index in [9.17, 15) is 0 Å². The Balaban J connectivity index is 3.10. The maximum absolute atomic E-state index is 6.83. The number of hydrogen-bond acceptors (Lipinski definition) is 1. The SMILES string of the molecule is CCC(C)CCO[Si](c1ccccc1)(C(C)CC)C(C)CC. The summed E-state index contributed by atoms with van der Waals surface area (Å²) < 4.78 is 6.83. The number of benzene rings is 1. The maximum atomic E-state index is 6.83. The molecule has 0 aliphatic rings. The number of rotatable bonds is 10. The zero-order valence-corrected chi connectivity index (χ0v) is 16.6. The van der Waals surface area contributed by atoms with Gasteiger partial charge in [0.15, 0.2) is 0 Å². The van der Waals surface area contributed by atoms with Gasteiger partial charge in [0.2, 0.25) is 8.32 Å². The van der Waals surface area contributed by atoms with Crippen molar-refractivity contribution in [3.63, 3.8) is 0 Å². The quantitative estimate of drug-likeness (QED) is 0.488. The molecule has 0 fully saturated rings. The molecule has 0 aliphatic heterocycles. The Kier molecular flexibility index (Phi) is 8.41. The highest BCUT2D eigenvalue weighted by atomic mass is 28.4. The summed E-state index contributed by atoms with van der Waals surface area (Å²) in [4.78, 5) is 0. The summed E-state index contributed by atoms with van der Waals surface area (Å²) in [5.74, 6) is 0.760. The summed E-state index contributed by atoms with van der Waals surface area (Å²) in [5, 5.41) is 1.49. The zero-order valence-electron chi connectivity index (χ0n) is 15.6. The van der Waals surface area contributed by atoms with Gasteiger partial charge in [-0.2, -0.15) is 0 Å². The minimum atomic E-state index is -1.96. The molecule has 0 aliphatic carbocycles. The van der Waals surface area contributed by atoms with Crippen molar-refractivity contribution < 1.29 is 4.43 Å². The molecular formula is C20H36OSi. The molecule has 0 spiro atoms. The minimum absolute atomic E-state index is 0.654. The van der Waals surface area contributed by atoms with Crippen molar-refractivity contribution in [3.05, 3.63) is 30.3 Å². The van der Waals surface area contributed by atoms with E-state index in [1.54, 1.807) is 0 Å². The highest BCUT2D eigenvalue weighted by Gasteiger charge is 2.46. The van der Waals surface area contributed by atoms with Crippen molar-refractivity contribution >= 4 is 13.5 Å². The first-order valence-electron chi connectivity index (χ1n) is 9.22. The summed E-state index contributed by atoms with van der Waals surface area (Å²) >= 11 is 0. The Morgan fingerprint density at radius 3 is 1.86 bits per heavy atom.